The van der Waals surface area contributed by atoms with Crippen molar-refractivity contribution in [2.75, 3.05) is 26.4 Å². The van der Waals surface area contributed by atoms with Crippen molar-refractivity contribution in [1.82, 2.24) is 0 Å². The Kier molecular flexibility index (Phi) is 18.8. The van der Waals surface area contributed by atoms with Crippen LogP contribution in [0.3, 0.4) is 0 Å². The van der Waals surface area contributed by atoms with Gasteiger partial charge in [0.1, 0.15) is 48.8 Å². The molecule has 0 aliphatic carbocycles. The third kappa shape index (κ3) is 11.7. The van der Waals surface area contributed by atoms with Crippen LogP contribution in [0.15, 0.2) is 25.3 Å². The Balaban J connectivity index is 0. The minimum atomic E-state index is -1.79. The van der Waals surface area contributed by atoms with E-state index >= 15 is 0 Å². The number of aldehydes is 1. The Morgan fingerprint density at radius 1 is 0.903 bits per heavy atom. The Hall–Kier alpha value is -1.33. The van der Waals surface area contributed by atoms with E-state index in [-0.39, 0.29) is 19.5 Å². The molecule has 1 saturated heterocycles. The molecule has 13 nitrogen and oxygen atoms in total. The van der Waals surface area contributed by atoms with Crippen LogP contribution in [-0.2, 0) is 14.3 Å². The number of ether oxygens (including phenoxy) is 2. The van der Waals surface area contributed by atoms with Crippen LogP contribution in [0.1, 0.15) is 0 Å². The molecular weight excluding hydrogens is 424 g/mol. The number of rotatable bonds is 10. The maximum atomic E-state index is 9.90. The molecule has 0 aromatic rings. The predicted molar refractivity (Wildman–Crippen MR) is 104 cm³/mol. The van der Waals surface area contributed by atoms with Crippen LogP contribution in [0.25, 0.3) is 0 Å². The lowest BCUT2D eigenvalue weighted by Crippen LogP contribution is -2.59. The van der Waals surface area contributed by atoms with E-state index in [1.807, 2.05) is 0 Å². The lowest BCUT2D eigenvalue weighted by Gasteiger charge is -2.39. The van der Waals surface area contributed by atoms with Crippen molar-refractivity contribution in [2.45, 2.75) is 55.1 Å². The maximum Gasteiger partial charge on any atom is 0.187 e. The van der Waals surface area contributed by atoms with E-state index in [2.05, 4.69) is 13.2 Å². The topological polar surface area (TPSA) is 238 Å². The normalized spacial score (nSPS) is 29.0. The van der Waals surface area contributed by atoms with Gasteiger partial charge in [-0.1, -0.05) is 12.2 Å². The molecule has 1 aliphatic rings. The first-order valence-electron chi connectivity index (χ1n) is 9.10. The van der Waals surface area contributed by atoms with Crippen LogP contribution in [0, 0.1) is 0 Å². The number of hydrogen-bond acceptors (Lipinski definition) is 13. The van der Waals surface area contributed by atoms with Crippen LogP contribution < -0.4 is 0 Å². The molecule has 0 aromatic heterocycles. The molecular formula is C18H34O13. The fourth-order valence-corrected chi connectivity index (χ4v) is 1.99. The summed E-state index contributed by atoms with van der Waals surface area (Å²) in [6.45, 7) is 5.65. The predicted octanol–water partition coefficient (Wildman–Crippen LogP) is -5.23. The fourth-order valence-electron chi connectivity index (χ4n) is 1.99. The molecule has 13 heteroatoms. The summed E-state index contributed by atoms with van der Waals surface area (Å²) in [7, 11) is 0. The van der Waals surface area contributed by atoms with Crippen molar-refractivity contribution < 1.29 is 65.3 Å². The summed E-state index contributed by atoms with van der Waals surface area (Å²) in [6, 6.07) is 0. The average Bonchev–Trinajstić information content (AvgIpc) is 2.80. The van der Waals surface area contributed by atoms with Crippen molar-refractivity contribution in [1.29, 1.82) is 0 Å². The van der Waals surface area contributed by atoms with Crippen molar-refractivity contribution in [2.24, 2.45) is 0 Å². The van der Waals surface area contributed by atoms with Gasteiger partial charge in [-0.05, 0) is 0 Å². The van der Waals surface area contributed by atoms with E-state index in [0.29, 0.717) is 0 Å². The molecule has 1 aliphatic heterocycles. The third-order valence-corrected chi connectivity index (χ3v) is 3.78. The highest BCUT2D eigenvalue weighted by atomic mass is 16.7. The smallest absolute Gasteiger partial charge is 0.187 e. The van der Waals surface area contributed by atoms with E-state index in [9.17, 15) is 20.1 Å². The third-order valence-electron chi connectivity index (χ3n) is 3.78. The average molecular weight is 458 g/mol. The Labute approximate surface area is 179 Å². The molecule has 9 atom stereocenters. The summed E-state index contributed by atoms with van der Waals surface area (Å²) in [5.74, 6) is 0. The molecule has 0 saturated carbocycles. The molecule has 31 heavy (non-hydrogen) atoms. The SMILES string of the molecule is C=CCO.C=CCO[C@H]1O[C@H](CO)[C@@H](O)[C@H](O)[C@@H]1O.O=C[C@@H](O)[C@@H](O)[C@H](O)[C@H](O)CO. The number of aliphatic hydroxyl groups is 10. The summed E-state index contributed by atoms with van der Waals surface area (Å²) in [6.07, 6.45) is -10.0. The summed E-state index contributed by atoms with van der Waals surface area (Å²) >= 11 is 0. The van der Waals surface area contributed by atoms with Gasteiger partial charge in [0, 0.05) is 0 Å². The summed E-state index contributed by atoms with van der Waals surface area (Å²) < 4.78 is 10.1. The van der Waals surface area contributed by atoms with Crippen LogP contribution in [-0.4, -0.2) is 139 Å². The molecule has 1 rings (SSSR count). The summed E-state index contributed by atoms with van der Waals surface area (Å²) in [5, 5.41) is 88.4. The van der Waals surface area contributed by atoms with Crippen molar-refractivity contribution in [3.05, 3.63) is 25.3 Å². The highest BCUT2D eigenvalue weighted by Crippen LogP contribution is 2.21. The minimum Gasteiger partial charge on any atom is -0.394 e. The Morgan fingerprint density at radius 2 is 1.45 bits per heavy atom. The molecule has 1 heterocycles. The first-order valence-corrected chi connectivity index (χ1v) is 9.10. The maximum absolute atomic E-state index is 9.90. The van der Waals surface area contributed by atoms with Gasteiger partial charge >= 0.3 is 0 Å². The van der Waals surface area contributed by atoms with E-state index in [4.69, 9.17) is 45.2 Å². The second-order valence-electron chi connectivity index (χ2n) is 6.15. The van der Waals surface area contributed by atoms with Crippen LogP contribution in [0.4, 0.5) is 0 Å². The standard InChI is InChI=1S/C9H16O6.C6H12O6.C3H6O/c1-2-3-14-9-8(13)7(12)6(11)5(4-10)15-9;7-1-3(9)5(11)6(12)4(10)2-8;1-2-3-4/h2,5-13H,1,3-4H2;1,3-6,8-12H,2H2;2,4H,1,3H2/t5-,6-,7+,8+,9+;3-,4-,5-,6-;/m11./s1. The number of carbonyl (C=O) groups is 1. The van der Waals surface area contributed by atoms with Crippen LogP contribution in [0.5, 0.6) is 0 Å². The summed E-state index contributed by atoms with van der Waals surface area (Å²) in [4.78, 5) is 9.90. The van der Waals surface area contributed by atoms with Crippen molar-refractivity contribution >= 4 is 6.29 Å². The first-order chi connectivity index (χ1) is 14.6. The second kappa shape index (κ2) is 18.3. The molecule has 184 valence electrons. The van der Waals surface area contributed by atoms with Crippen molar-refractivity contribution in [3.8, 4) is 0 Å². The van der Waals surface area contributed by atoms with Gasteiger partial charge < -0.3 is 65.3 Å². The monoisotopic (exact) mass is 458 g/mol. The van der Waals surface area contributed by atoms with Gasteiger partial charge in [0.05, 0.1) is 26.4 Å². The van der Waals surface area contributed by atoms with Gasteiger partial charge in [0.25, 0.3) is 0 Å². The number of aliphatic hydroxyl groups excluding tert-OH is 10. The van der Waals surface area contributed by atoms with Gasteiger partial charge in [-0.25, -0.2) is 0 Å². The van der Waals surface area contributed by atoms with Gasteiger partial charge in [-0.2, -0.15) is 0 Å². The molecule has 1 fully saturated rings. The first kappa shape index (κ1) is 31.9. The van der Waals surface area contributed by atoms with E-state index in [1.165, 1.54) is 12.2 Å². The summed E-state index contributed by atoms with van der Waals surface area (Å²) in [5.41, 5.74) is 0. The highest BCUT2D eigenvalue weighted by molar-refractivity contribution is 5.56. The zero-order chi connectivity index (χ0) is 24.6. The van der Waals surface area contributed by atoms with Gasteiger partial charge in [-0.15, -0.1) is 13.2 Å². The minimum absolute atomic E-state index is 0.0258. The Morgan fingerprint density at radius 3 is 1.84 bits per heavy atom. The highest BCUT2D eigenvalue weighted by Gasteiger charge is 2.43. The van der Waals surface area contributed by atoms with Gasteiger partial charge in [0.15, 0.2) is 12.6 Å². The molecule has 0 spiro atoms. The van der Waals surface area contributed by atoms with E-state index in [0.717, 1.165) is 0 Å². The van der Waals surface area contributed by atoms with Crippen LogP contribution >= 0.6 is 0 Å². The molecule has 0 radical (unpaired) electrons. The zero-order valence-corrected chi connectivity index (χ0v) is 16.9. The van der Waals surface area contributed by atoms with E-state index < -0.39 is 68.3 Å². The van der Waals surface area contributed by atoms with Crippen molar-refractivity contribution in [3.63, 3.8) is 0 Å². The largest absolute Gasteiger partial charge is 0.394 e. The number of hydrogen-bond donors (Lipinski definition) is 10. The van der Waals surface area contributed by atoms with Crippen LogP contribution in [0.2, 0.25) is 0 Å². The van der Waals surface area contributed by atoms with Gasteiger partial charge in [-0.3, -0.25) is 0 Å². The quantitative estimate of drug-likeness (QED) is 0.109. The number of carbonyl (C=O) groups excluding carboxylic acids is 1. The Bertz CT molecular complexity index is 475. The molecule has 10 N–H and O–H groups in total. The van der Waals surface area contributed by atoms with E-state index in [1.54, 1.807) is 0 Å². The molecule has 0 amide bonds. The fraction of sp³-hybridized carbons (Fsp3) is 0.722. The lowest BCUT2D eigenvalue weighted by molar-refractivity contribution is -0.298. The zero-order valence-electron chi connectivity index (χ0n) is 16.9. The molecule has 0 unspecified atom stereocenters. The van der Waals surface area contributed by atoms with Gasteiger partial charge in [0.2, 0.25) is 0 Å². The molecule has 0 bridgehead atoms. The second-order valence-corrected chi connectivity index (χ2v) is 6.15. The lowest BCUT2D eigenvalue weighted by atomic mass is 9.99. The molecule has 0 aromatic carbocycles.